The molecule has 0 aromatic heterocycles. The summed E-state index contributed by atoms with van der Waals surface area (Å²) in [6.45, 7) is 0.882. The molecule has 1 aromatic carbocycles. The highest BCUT2D eigenvalue weighted by molar-refractivity contribution is 5.34. The molecule has 6 heteroatoms. The first kappa shape index (κ1) is 12.3. The highest BCUT2D eigenvalue weighted by Gasteiger charge is 2.37. The number of hydrogen-bond acceptors (Lipinski definition) is 2. The molecule has 2 nitrogen and oxygen atoms in total. The van der Waals surface area contributed by atoms with Crippen LogP contribution < -0.4 is 5.32 Å². The molecule has 2 rings (SSSR count). The van der Waals surface area contributed by atoms with Gasteiger partial charge in [-0.25, -0.2) is 4.39 Å². The molecule has 0 radical (unpaired) electrons. The van der Waals surface area contributed by atoms with Crippen LogP contribution in [0.2, 0.25) is 0 Å². The largest absolute Gasteiger partial charge is 0.416 e. The molecule has 1 fully saturated rings. The van der Waals surface area contributed by atoms with Gasteiger partial charge in [0.05, 0.1) is 24.8 Å². The molecule has 1 aromatic rings. The molecule has 0 spiro atoms. The summed E-state index contributed by atoms with van der Waals surface area (Å²) in [7, 11) is 0. The van der Waals surface area contributed by atoms with Crippen molar-refractivity contribution < 1.29 is 22.3 Å². The maximum absolute atomic E-state index is 13.6. The van der Waals surface area contributed by atoms with Crippen LogP contribution in [0.5, 0.6) is 0 Å². The molecule has 1 N–H and O–H groups in total. The maximum Gasteiger partial charge on any atom is 0.416 e. The van der Waals surface area contributed by atoms with E-state index in [2.05, 4.69) is 5.32 Å². The minimum absolute atomic E-state index is 0.0456. The van der Waals surface area contributed by atoms with Crippen LogP contribution in [0.15, 0.2) is 18.2 Å². The molecule has 1 atom stereocenters. The normalized spacial score (nSPS) is 21.5. The van der Waals surface area contributed by atoms with E-state index in [4.69, 9.17) is 4.74 Å². The first-order valence-corrected chi connectivity index (χ1v) is 5.17. The number of morpholine rings is 1. The molecule has 0 bridgehead atoms. The first-order valence-electron chi connectivity index (χ1n) is 5.17. The molecule has 0 unspecified atom stereocenters. The van der Waals surface area contributed by atoms with Crippen LogP contribution in [-0.2, 0) is 10.9 Å². The smallest absolute Gasteiger partial charge is 0.378 e. The van der Waals surface area contributed by atoms with Crippen LogP contribution in [0, 0.1) is 5.82 Å². The highest BCUT2D eigenvalue weighted by atomic mass is 19.4. The molecule has 0 amide bonds. The van der Waals surface area contributed by atoms with Crippen LogP contribution in [0.4, 0.5) is 17.6 Å². The van der Waals surface area contributed by atoms with Crippen LogP contribution in [0.3, 0.4) is 0 Å². The van der Waals surface area contributed by atoms with Crippen molar-refractivity contribution in [2.75, 3.05) is 19.8 Å². The van der Waals surface area contributed by atoms with Crippen LogP contribution in [0.1, 0.15) is 17.2 Å². The maximum atomic E-state index is 13.6. The van der Waals surface area contributed by atoms with E-state index in [-0.39, 0.29) is 12.2 Å². The number of benzene rings is 1. The van der Waals surface area contributed by atoms with Crippen molar-refractivity contribution in [2.24, 2.45) is 0 Å². The van der Waals surface area contributed by atoms with E-state index in [0.717, 1.165) is 18.2 Å². The van der Waals surface area contributed by atoms with E-state index in [9.17, 15) is 17.6 Å². The van der Waals surface area contributed by atoms with E-state index in [1.807, 2.05) is 0 Å². The summed E-state index contributed by atoms with van der Waals surface area (Å²) in [6.07, 6.45) is -4.56. The fraction of sp³-hybridized carbons (Fsp3) is 0.455. The zero-order chi connectivity index (χ0) is 12.5. The van der Waals surface area contributed by atoms with E-state index in [1.54, 1.807) is 0 Å². The summed E-state index contributed by atoms with van der Waals surface area (Å²) < 4.78 is 56.9. The van der Waals surface area contributed by atoms with Crippen molar-refractivity contribution in [3.05, 3.63) is 35.1 Å². The van der Waals surface area contributed by atoms with Crippen molar-refractivity contribution in [3.8, 4) is 0 Å². The highest BCUT2D eigenvalue weighted by Crippen LogP contribution is 2.36. The van der Waals surface area contributed by atoms with Crippen LogP contribution in [0.25, 0.3) is 0 Å². The lowest BCUT2D eigenvalue weighted by molar-refractivity contribution is -0.139. The second-order valence-electron chi connectivity index (χ2n) is 3.78. The summed E-state index contributed by atoms with van der Waals surface area (Å²) in [6, 6.07) is 2.22. The van der Waals surface area contributed by atoms with Crippen molar-refractivity contribution in [1.29, 1.82) is 0 Å². The number of ether oxygens (including phenoxy) is 1. The van der Waals surface area contributed by atoms with E-state index in [1.165, 1.54) is 0 Å². The Morgan fingerprint density at radius 2 is 2.06 bits per heavy atom. The van der Waals surface area contributed by atoms with Gasteiger partial charge in [0.15, 0.2) is 0 Å². The third kappa shape index (κ3) is 2.58. The number of alkyl halides is 3. The zero-order valence-electron chi connectivity index (χ0n) is 8.85. The quantitative estimate of drug-likeness (QED) is 0.772. The molecular weight excluding hydrogens is 238 g/mol. The van der Waals surface area contributed by atoms with Crippen molar-refractivity contribution in [3.63, 3.8) is 0 Å². The second kappa shape index (κ2) is 4.62. The Kier molecular flexibility index (Phi) is 3.35. The van der Waals surface area contributed by atoms with Gasteiger partial charge in [0, 0.05) is 12.1 Å². The topological polar surface area (TPSA) is 21.3 Å². The molecule has 0 aliphatic carbocycles. The van der Waals surface area contributed by atoms with Gasteiger partial charge in [0.2, 0.25) is 0 Å². The lowest BCUT2D eigenvalue weighted by atomic mass is 9.99. The molecule has 0 saturated carbocycles. The standard InChI is InChI=1S/C11H11F4NO/c12-8-3-1-2-7(11(13,14)15)10(8)9-6-17-5-4-16-9/h1-3,9,16H,4-6H2/t9-/m1/s1. The average molecular weight is 249 g/mol. The Labute approximate surface area is 95.6 Å². The number of hydrogen-bond donors (Lipinski definition) is 1. The molecule has 94 valence electrons. The van der Waals surface area contributed by atoms with Gasteiger partial charge in [-0.2, -0.15) is 13.2 Å². The first-order chi connectivity index (χ1) is 8.00. The van der Waals surface area contributed by atoms with Gasteiger partial charge in [-0.15, -0.1) is 0 Å². The average Bonchev–Trinajstić information content (AvgIpc) is 2.28. The molecule has 17 heavy (non-hydrogen) atoms. The third-order valence-corrected chi connectivity index (χ3v) is 2.63. The Morgan fingerprint density at radius 1 is 1.29 bits per heavy atom. The van der Waals surface area contributed by atoms with Gasteiger partial charge in [-0.3, -0.25) is 0 Å². The van der Waals surface area contributed by atoms with Gasteiger partial charge in [-0.05, 0) is 12.1 Å². The van der Waals surface area contributed by atoms with Gasteiger partial charge in [0.25, 0.3) is 0 Å². The van der Waals surface area contributed by atoms with Crippen molar-refractivity contribution in [2.45, 2.75) is 12.2 Å². The molecule has 1 aliphatic heterocycles. The Bertz CT molecular complexity index is 399. The summed E-state index contributed by atoms with van der Waals surface area (Å²) in [5.41, 5.74) is -1.31. The lowest BCUT2D eigenvalue weighted by Gasteiger charge is -2.27. The number of nitrogens with one attached hydrogen (secondary N) is 1. The van der Waals surface area contributed by atoms with Gasteiger partial charge in [-0.1, -0.05) is 6.07 Å². The fourth-order valence-electron chi connectivity index (χ4n) is 1.89. The van der Waals surface area contributed by atoms with Crippen LogP contribution >= 0.6 is 0 Å². The van der Waals surface area contributed by atoms with Crippen LogP contribution in [-0.4, -0.2) is 19.8 Å². The molecule has 1 saturated heterocycles. The Balaban J connectivity index is 2.43. The Morgan fingerprint density at radius 3 is 2.65 bits per heavy atom. The molecule has 1 heterocycles. The fourth-order valence-corrected chi connectivity index (χ4v) is 1.89. The second-order valence-corrected chi connectivity index (χ2v) is 3.78. The number of halogens is 4. The van der Waals surface area contributed by atoms with E-state index >= 15 is 0 Å². The van der Waals surface area contributed by atoms with Gasteiger partial charge >= 0.3 is 6.18 Å². The molecule has 1 aliphatic rings. The third-order valence-electron chi connectivity index (χ3n) is 2.63. The SMILES string of the molecule is Fc1cccc(C(F)(F)F)c1[C@H]1COCCN1. The summed E-state index contributed by atoms with van der Waals surface area (Å²) >= 11 is 0. The minimum Gasteiger partial charge on any atom is -0.378 e. The minimum atomic E-state index is -4.56. The number of rotatable bonds is 1. The summed E-state index contributed by atoms with van der Waals surface area (Å²) in [4.78, 5) is 0. The summed E-state index contributed by atoms with van der Waals surface area (Å²) in [5.74, 6) is -0.858. The van der Waals surface area contributed by atoms with Gasteiger partial charge < -0.3 is 10.1 Å². The van der Waals surface area contributed by atoms with E-state index < -0.39 is 23.6 Å². The lowest BCUT2D eigenvalue weighted by Crippen LogP contribution is -2.36. The Hall–Kier alpha value is -1.14. The zero-order valence-corrected chi connectivity index (χ0v) is 8.85. The van der Waals surface area contributed by atoms with E-state index in [0.29, 0.717) is 13.2 Å². The predicted molar refractivity (Wildman–Crippen MR) is 53.0 cm³/mol. The van der Waals surface area contributed by atoms with Crippen molar-refractivity contribution >= 4 is 0 Å². The predicted octanol–water partition coefficient (Wildman–Crippen LogP) is 2.51. The molecular formula is C11H11F4NO. The monoisotopic (exact) mass is 249 g/mol. The van der Waals surface area contributed by atoms with Crippen molar-refractivity contribution in [1.82, 2.24) is 5.32 Å². The van der Waals surface area contributed by atoms with Gasteiger partial charge in [0.1, 0.15) is 5.82 Å². The summed E-state index contributed by atoms with van der Waals surface area (Å²) in [5, 5.41) is 2.82.